The van der Waals surface area contributed by atoms with Gasteiger partial charge in [0.1, 0.15) is 12.1 Å². The third-order valence-corrected chi connectivity index (χ3v) is 3.68. The Labute approximate surface area is 108 Å². The minimum absolute atomic E-state index is 0.247. The Kier molecular flexibility index (Phi) is 4.36. The van der Waals surface area contributed by atoms with Crippen molar-refractivity contribution in [3.05, 3.63) is 12.4 Å². The van der Waals surface area contributed by atoms with Gasteiger partial charge in [0, 0.05) is 12.6 Å². The topological polar surface area (TPSA) is 73.1 Å². The molecule has 0 aliphatic heterocycles. The summed E-state index contributed by atoms with van der Waals surface area (Å²) in [7, 11) is 0. The van der Waals surface area contributed by atoms with Crippen LogP contribution in [0.15, 0.2) is 12.4 Å². The SMILES string of the molecule is CCOc1cc(NCC2(CN)CCCC2)ncn1. The Morgan fingerprint density at radius 3 is 2.83 bits per heavy atom. The average molecular weight is 250 g/mol. The summed E-state index contributed by atoms with van der Waals surface area (Å²) in [5, 5.41) is 3.37. The Hall–Kier alpha value is -1.36. The predicted molar refractivity (Wildman–Crippen MR) is 71.6 cm³/mol. The molecule has 1 aliphatic carbocycles. The first-order valence-corrected chi connectivity index (χ1v) is 6.67. The van der Waals surface area contributed by atoms with Crippen molar-refractivity contribution in [3.63, 3.8) is 0 Å². The lowest BCUT2D eigenvalue weighted by Crippen LogP contribution is -2.34. The highest BCUT2D eigenvalue weighted by Crippen LogP contribution is 2.37. The zero-order valence-corrected chi connectivity index (χ0v) is 11.0. The Morgan fingerprint density at radius 1 is 1.39 bits per heavy atom. The zero-order valence-electron chi connectivity index (χ0n) is 11.0. The number of hydrogen-bond acceptors (Lipinski definition) is 5. The zero-order chi connectivity index (χ0) is 12.8. The average Bonchev–Trinajstić information content (AvgIpc) is 2.87. The molecule has 1 aliphatic rings. The van der Waals surface area contributed by atoms with Crippen LogP contribution in [-0.4, -0.2) is 29.7 Å². The van der Waals surface area contributed by atoms with E-state index in [-0.39, 0.29) is 5.41 Å². The van der Waals surface area contributed by atoms with Gasteiger partial charge in [0.25, 0.3) is 0 Å². The van der Waals surface area contributed by atoms with Gasteiger partial charge in [-0.1, -0.05) is 12.8 Å². The first-order chi connectivity index (χ1) is 8.78. The molecule has 0 aromatic carbocycles. The summed E-state index contributed by atoms with van der Waals surface area (Å²) in [4.78, 5) is 8.25. The quantitative estimate of drug-likeness (QED) is 0.805. The van der Waals surface area contributed by atoms with E-state index in [1.807, 2.05) is 13.0 Å². The molecule has 5 nitrogen and oxygen atoms in total. The lowest BCUT2D eigenvalue weighted by atomic mass is 9.86. The predicted octanol–water partition coefficient (Wildman–Crippen LogP) is 1.81. The summed E-state index contributed by atoms with van der Waals surface area (Å²) in [6, 6.07) is 1.84. The van der Waals surface area contributed by atoms with Crippen LogP contribution in [-0.2, 0) is 0 Å². The summed E-state index contributed by atoms with van der Waals surface area (Å²) < 4.78 is 5.35. The van der Waals surface area contributed by atoms with Crippen LogP contribution in [0.5, 0.6) is 5.88 Å². The van der Waals surface area contributed by atoms with Gasteiger partial charge in [-0.15, -0.1) is 0 Å². The first-order valence-electron chi connectivity index (χ1n) is 6.67. The summed E-state index contributed by atoms with van der Waals surface area (Å²) >= 11 is 0. The van der Waals surface area contributed by atoms with E-state index < -0.39 is 0 Å². The fraction of sp³-hybridized carbons (Fsp3) is 0.692. The fourth-order valence-corrected chi connectivity index (χ4v) is 2.52. The second-order valence-electron chi connectivity index (χ2n) is 4.94. The van der Waals surface area contributed by atoms with Gasteiger partial charge in [0.2, 0.25) is 5.88 Å². The highest BCUT2D eigenvalue weighted by molar-refractivity contribution is 5.37. The number of rotatable bonds is 6. The van der Waals surface area contributed by atoms with Crippen LogP contribution < -0.4 is 15.8 Å². The van der Waals surface area contributed by atoms with Crippen LogP contribution in [0.25, 0.3) is 0 Å². The number of anilines is 1. The molecule has 0 amide bonds. The maximum Gasteiger partial charge on any atom is 0.218 e. The van der Waals surface area contributed by atoms with Crippen molar-refractivity contribution in [2.75, 3.05) is 25.0 Å². The molecule has 0 unspecified atom stereocenters. The van der Waals surface area contributed by atoms with Gasteiger partial charge in [-0.05, 0) is 31.7 Å². The van der Waals surface area contributed by atoms with Gasteiger partial charge in [-0.3, -0.25) is 0 Å². The molecule has 100 valence electrons. The molecule has 0 bridgehead atoms. The molecule has 0 spiro atoms. The summed E-state index contributed by atoms with van der Waals surface area (Å²) in [6.07, 6.45) is 6.51. The van der Waals surface area contributed by atoms with Crippen LogP contribution in [0.3, 0.4) is 0 Å². The van der Waals surface area contributed by atoms with Gasteiger partial charge < -0.3 is 15.8 Å². The van der Waals surface area contributed by atoms with Crippen LogP contribution in [0.2, 0.25) is 0 Å². The minimum atomic E-state index is 0.247. The third kappa shape index (κ3) is 3.10. The minimum Gasteiger partial charge on any atom is -0.478 e. The molecular weight excluding hydrogens is 228 g/mol. The van der Waals surface area contributed by atoms with E-state index in [0.717, 1.165) is 18.9 Å². The number of nitrogens with zero attached hydrogens (tertiary/aromatic N) is 2. The van der Waals surface area contributed by atoms with Crippen LogP contribution in [0, 0.1) is 5.41 Å². The van der Waals surface area contributed by atoms with E-state index in [1.54, 1.807) is 0 Å². The van der Waals surface area contributed by atoms with E-state index >= 15 is 0 Å². The lowest BCUT2D eigenvalue weighted by molar-refractivity contribution is 0.324. The van der Waals surface area contributed by atoms with E-state index in [9.17, 15) is 0 Å². The largest absolute Gasteiger partial charge is 0.478 e. The molecule has 1 aromatic rings. The Balaban J connectivity index is 1.94. The van der Waals surface area contributed by atoms with Crippen molar-refractivity contribution in [2.45, 2.75) is 32.6 Å². The molecule has 0 atom stereocenters. The molecule has 0 saturated heterocycles. The van der Waals surface area contributed by atoms with E-state index in [4.69, 9.17) is 10.5 Å². The van der Waals surface area contributed by atoms with Gasteiger partial charge in [-0.25, -0.2) is 9.97 Å². The van der Waals surface area contributed by atoms with Crippen molar-refractivity contribution in [1.29, 1.82) is 0 Å². The maximum absolute atomic E-state index is 5.91. The van der Waals surface area contributed by atoms with E-state index in [1.165, 1.54) is 32.0 Å². The normalized spacial score (nSPS) is 17.7. The first kappa shape index (κ1) is 13.1. The van der Waals surface area contributed by atoms with Crippen molar-refractivity contribution < 1.29 is 4.74 Å². The Bertz CT molecular complexity index is 377. The highest BCUT2D eigenvalue weighted by atomic mass is 16.5. The molecule has 0 radical (unpaired) electrons. The smallest absolute Gasteiger partial charge is 0.218 e. The monoisotopic (exact) mass is 250 g/mol. The molecule has 3 N–H and O–H groups in total. The molecule has 1 heterocycles. The van der Waals surface area contributed by atoms with Crippen molar-refractivity contribution in [1.82, 2.24) is 9.97 Å². The number of nitrogens with two attached hydrogens (primary N) is 1. The number of ether oxygens (including phenoxy) is 1. The Morgan fingerprint density at radius 2 is 2.17 bits per heavy atom. The third-order valence-electron chi connectivity index (χ3n) is 3.68. The van der Waals surface area contributed by atoms with Gasteiger partial charge >= 0.3 is 0 Å². The second kappa shape index (κ2) is 6.00. The van der Waals surface area contributed by atoms with E-state index in [2.05, 4.69) is 15.3 Å². The fourth-order valence-electron chi connectivity index (χ4n) is 2.52. The van der Waals surface area contributed by atoms with Crippen molar-refractivity contribution in [2.24, 2.45) is 11.1 Å². The molecule has 2 rings (SSSR count). The number of aromatic nitrogens is 2. The molecule has 1 fully saturated rings. The lowest BCUT2D eigenvalue weighted by Gasteiger charge is -2.27. The highest BCUT2D eigenvalue weighted by Gasteiger charge is 2.32. The van der Waals surface area contributed by atoms with Crippen molar-refractivity contribution >= 4 is 5.82 Å². The summed E-state index contributed by atoms with van der Waals surface area (Å²) in [5.41, 5.74) is 6.16. The summed E-state index contributed by atoms with van der Waals surface area (Å²) in [6.45, 7) is 4.18. The van der Waals surface area contributed by atoms with Gasteiger partial charge in [0.15, 0.2) is 0 Å². The van der Waals surface area contributed by atoms with Gasteiger partial charge in [-0.2, -0.15) is 0 Å². The number of nitrogens with one attached hydrogen (secondary N) is 1. The van der Waals surface area contributed by atoms with Crippen LogP contribution in [0.1, 0.15) is 32.6 Å². The van der Waals surface area contributed by atoms with E-state index in [0.29, 0.717) is 12.5 Å². The van der Waals surface area contributed by atoms with Gasteiger partial charge in [0.05, 0.1) is 6.61 Å². The molecule has 1 saturated carbocycles. The molecule has 18 heavy (non-hydrogen) atoms. The summed E-state index contributed by atoms with van der Waals surface area (Å²) in [5.74, 6) is 1.43. The maximum atomic E-state index is 5.91. The molecular formula is C13H22N4O. The number of hydrogen-bond donors (Lipinski definition) is 2. The second-order valence-corrected chi connectivity index (χ2v) is 4.94. The molecule has 5 heteroatoms. The molecule has 1 aromatic heterocycles. The van der Waals surface area contributed by atoms with Crippen LogP contribution in [0.4, 0.5) is 5.82 Å². The van der Waals surface area contributed by atoms with Crippen LogP contribution >= 0.6 is 0 Å². The van der Waals surface area contributed by atoms with Crippen molar-refractivity contribution in [3.8, 4) is 5.88 Å². The standard InChI is InChI=1S/C13H22N4O/c1-2-18-12-7-11(16-10-17-12)15-9-13(8-14)5-3-4-6-13/h7,10H,2-6,8-9,14H2,1H3,(H,15,16,17).